The summed E-state index contributed by atoms with van der Waals surface area (Å²) < 4.78 is 6.51. The van der Waals surface area contributed by atoms with Crippen molar-refractivity contribution >= 4 is 49.8 Å². The van der Waals surface area contributed by atoms with Crippen molar-refractivity contribution in [2.45, 2.75) is 5.41 Å². The van der Waals surface area contributed by atoms with Crippen LogP contribution in [0.3, 0.4) is 0 Å². The fourth-order valence-electron chi connectivity index (χ4n) is 8.31. The van der Waals surface area contributed by atoms with E-state index >= 15 is 0 Å². The third-order valence-corrected chi connectivity index (χ3v) is 10.3. The number of rotatable bonds is 5. The first-order valence-corrected chi connectivity index (χ1v) is 16.9. The van der Waals surface area contributed by atoms with E-state index in [1.54, 1.807) is 0 Å². The molecular weight excluding hydrogens is 595 g/mol. The Labute approximate surface area is 285 Å². The smallest absolute Gasteiger partial charge is 0.143 e. The Kier molecular flexibility index (Phi) is 6.13. The number of benzene rings is 8. The molecule has 0 radical (unpaired) electrons. The van der Waals surface area contributed by atoms with Crippen LogP contribution < -0.4 is 4.90 Å². The summed E-state index contributed by atoms with van der Waals surface area (Å²) in [6.07, 6.45) is 0. The summed E-state index contributed by atoms with van der Waals surface area (Å²) >= 11 is 0. The topological polar surface area (TPSA) is 16.4 Å². The highest BCUT2D eigenvalue weighted by Crippen LogP contribution is 2.56. The first-order valence-electron chi connectivity index (χ1n) is 16.9. The maximum Gasteiger partial charge on any atom is 0.143 e. The Hall–Kier alpha value is -6.38. The van der Waals surface area contributed by atoms with Crippen molar-refractivity contribution < 1.29 is 4.42 Å². The van der Waals surface area contributed by atoms with Crippen molar-refractivity contribution in [2.24, 2.45) is 0 Å². The lowest BCUT2D eigenvalue weighted by molar-refractivity contribution is 0.672. The molecule has 0 bridgehead atoms. The monoisotopic (exact) mass is 625 g/mol. The van der Waals surface area contributed by atoms with Gasteiger partial charge in [-0.05, 0) is 75.8 Å². The second kappa shape index (κ2) is 10.8. The predicted octanol–water partition coefficient (Wildman–Crippen LogP) is 12.6. The van der Waals surface area contributed by atoms with Gasteiger partial charge in [-0.25, -0.2) is 0 Å². The summed E-state index contributed by atoms with van der Waals surface area (Å²) in [4.78, 5) is 2.39. The first-order chi connectivity index (χ1) is 24.3. The molecule has 8 aromatic carbocycles. The largest absolute Gasteiger partial charge is 0.455 e. The van der Waals surface area contributed by atoms with Crippen LogP contribution in [0.25, 0.3) is 43.8 Å². The number of nitrogens with zero attached hydrogens (tertiary/aromatic N) is 1. The zero-order chi connectivity index (χ0) is 32.4. The van der Waals surface area contributed by atoms with Gasteiger partial charge in [-0.2, -0.15) is 0 Å². The van der Waals surface area contributed by atoms with Gasteiger partial charge in [0.2, 0.25) is 0 Å². The van der Waals surface area contributed by atoms with Gasteiger partial charge in [0, 0.05) is 32.9 Å². The minimum absolute atomic E-state index is 0.480. The summed E-state index contributed by atoms with van der Waals surface area (Å²) in [5, 5.41) is 4.51. The van der Waals surface area contributed by atoms with Crippen LogP contribution in [0.2, 0.25) is 0 Å². The molecule has 2 nitrogen and oxygen atoms in total. The molecule has 1 aliphatic carbocycles. The van der Waals surface area contributed by atoms with E-state index < -0.39 is 5.41 Å². The molecule has 0 fully saturated rings. The van der Waals surface area contributed by atoms with Crippen LogP contribution in [-0.4, -0.2) is 0 Å². The lowest BCUT2D eigenvalue weighted by atomic mass is 9.67. The standard InChI is InChI=1S/C47H31NO/c1-3-15-32(16-4-1)47(42-25-10-7-21-36(42)37-22-8-11-26-43(37)47)33-17-13-20-35(31-33)48(34-18-5-2-6-19-34)44-27-14-24-40-38(44)29-30-41-39-23-9-12-28-45(39)49-46(40)41/h1-31H. The quantitative estimate of drug-likeness (QED) is 0.189. The Morgan fingerprint density at radius 2 is 0.939 bits per heavy atom. The van der Waals surface area contributed by atoms with Gasteiger partial charge in [-0.1, -0.05) is 146 Å². The van der Waals surface area contributed by atoms with Crippen molar-refractivity contribution in [1.29, 1.82) is 0 Å². The normalized spacial score (nSPS) is 13.1. The van der Waals surface area contributed by atoms with Crippen LogP contribution in [0.5, 0.6) is 0 Å². The first kappa shape index (κ1) is 27.7. The maximum atomic E-state index is 6.51. The molecule has 230 valence electrons. The fraction of sp³-hybridized carbons (Fsp3) is 0.0213. The van der Waals surface area contributed by atoms with Crippen LogP contribution in [0.15, 0.2) is 192 Å². The molecular formula is C47H31NO. The Morgan fingerprint density at radius 1 is 0.388 bits per heavy atom. The second-order valence-corrected chi connectivity index (χ2v) is 12.8. The van der Waals surface area contributed by atoms with Crippen LogP contribution in [-0.2, 0) is 5.41 Å². The van der Waals surface area contributed by atoms with Gasteiger partial charge < -0.3 is 9.32 Å². The molecule has 0 saturated heterocycles. The molecule has 2 heteroatoms. The number of anilines is 3. The van der Waals surface area contributed by atoms with E-state index in [4.69, 9.17) is 4.42 Å². The van der Waals surface area contributed by atoms with Gasteiger partial charge in [-0.15, -0.1) is 0 Å². The van der Waals surface area contributed by atoms with E-state index in [0.717, 1.165) is 49.8 Å². The number of fused-ring (bicyclic) bond motifs is 8. The predicted molar refractivity (Wildman–Crippen MR) is 203 cm³/mol. The molecule has 1 heterocycles. The summed E-state index contributed by atoms with van der Waals surface area (Å²) in [6.45, 7) is 0. The highest BCUT2D eigenvalue weighted by Gasteiger charge is 2.46. The van der Waals surface area contributed by atoms with Gasteiger partial charge in [0.25, 0.3) is 0 Å². The average molecular weight is 626 g/mol. The van der Waals surface area contributed by atoms with E-state index in [1.165, 1.54) is 33.4 Å². The highest BCUT2D eigenvalue weighted by molar-refractivity contribution is 6.17. The Morgan fingerprint density at radius 3 is 1.71 bits per heavy atom. The lowest BCUT2D eigenvalue weighted by Gasteiger charge is -2.35. The SMILES string of the molecule is c1ccc(N(c2cccc(C3(c4ccccc4)c4ccccc4-c4ccccc43)c2)c2cccc3c2ccc2c4ccccc4oc32)cc1. The molecule has 0 amide bonds. The van der Waals surface area contributed by atoms with Crippen molar-refractivity contribution in [3.63, 3.8) is 0 Å². The Bertz CT molecular complexity index is 2630. The van der Waals surface area contributed by atoms with Crippen LogP contribution in [0.1, 0.15) is 22.3 Å². The number of hydrogen-bond acceptors (Lipinski definition) is 2. The summed E-state index contributed by atoms with van der Waals surface area (Å²) in [5.74, 6) is 0. The highest BCUT2D eigenvalue weighted by atomic mass is 16.3. The molecule has 9 aromatic rings. The average Bonchev–Trinajstić information content (AvgIpc) is 3.71. The molecule has 1 aliphatic rings. The molecule has 0 aliphatic heterocycles. The van der Waals surface area contributed by atoms with Gasteiger partial charge in [0.05, 0.1) is 11.1 Å². The molecule has 49 heavy (non-hydrogen) atoms. The molecule has 1 aromatic heterocycles. The van der Waals surface area contributed by atoms with Gasteiger partial charge in [0.1, 0.15) is 11.2 Å². The molecule has 0 atom stereocenters. The van der Waals surface area contributed by atoms with Crippen LogP contribution >= 0.6 is 0 Å². The third kappa shape index (κ3) is 4.01. The van der Waals surface area contributed by atoms with E-state index in [9.17, 15) is 0 Å². The number of hydrogen-bond donors (Lipinski definition) is 0. The second-order valence-electron chi connectivity index (χ2n) is 12.8. The van der Waals surface area contributed by atoms with Crippen LogP contribution in [0.4, 0.5) is 17.1 Å². The van der Waals surface area contributed by atoms with Gasteiger partial charge >= 0.3 is 0 Å². The minimum atomic E-state index is -0.480. The van der Waals surface area contributed by atoms with Crippen molar-refractivity contribution in [1.82, 2.24) is 0 Å². The van der Waals surface area contributed by atoms with Gasteiger partial charge in [0.15, 0.2) is 0 Å². The minimum Gasteiger partial charge on any atom is -0.455 e. The van der Waals surface area contributed by atoms with E-state index in [-0.39, 0.29) is 0 Å². The van der Waals surface area contributed by atoms with Crippen molar-refractivity contribution in [3.05, 3.63) is 210 Å². The van der Waals surface area contributed by atoms with Crippen molar-refractivity contribution in [3.8, 4) is 11.1 Å². The summed E-state index contributed by atoms with van der Waals surface area (Å²) in [5.41, 5.74) is 12.3. The molecule has 0 spiro atoms. The summed E-state index contributed by atoms with van der Waals surface area (Å²) in [6, 6.07) is 68.0. The lowest BCUT2D eigenvalue weighted by Crippen LogP contribution is -2.28. The van der Waals surface area contributed by atoms with Gasteiger partial charge in [-0.3, -0.25) is 0 Å². The molecule has 0 unspecified atom stereocenters. The third-order valence-electron chi connectivity index (χ3n) is 10.3. The van der Waals surface area contributed by atoms with E-state index in [2.05, 4.69) is 187 Å². The van der Waals surface area contributed by atoms with E-state index in [1.807, 2.05) is 6.07 Å². The Balaban J connectivity index is 1.25. The van der Waals surface area contributed by atoms with Crippen LogP contribution in [0, 0.1) is 0 Å². The molecule has 0 N–H and O–H groups in total. The maximum absolute atomic E-state index is 6.51. The van der Waals surface area contributed by atoms with Crippen molar-refractivity contribution in [2.75, 3.05) is 4.90 Å². The number of para-hydroxylation sites is 2. The zero-order valence-electron chi connectivity index (χ0n) is 26.8. The fourth-order valence-corrected chi connectivity index (χ4v) is 8.31. The zero-order valence-corrected chi connectivity index (χ0v) is 26.8. The molecule has 10 rings (SSSR count). The summed E-state index contributed by atoms with van der Waals surface area (Å²) in [7, 11) is 0. The molecule has 0 saturated carbocycles. The number of furan rings is 1. The van der Waals surface area contributed by atoms with E-state index in [0.29, 0.717) is 0 Å².